The summed E-state index contributed by atoms with van der Waals surface area (Å²) in [4.78, 5) is 46.3. The number of carbonyl (C=O) groups is 4. The standard InChI is InChI=1S/C16H10O4.C6H4/c17-10-14(18)12-8-4-5-9-13(12)16(20)15(19)11-6-2-1-3-7-11;1-2-6-4-3-5(1)6/h1-10H;1-4H. The van der Waals surface area contributed by atoms with Crippen molar-refractivity contribution >= 4 is 23.6 Å². The molecule has 26 heavy (non-hydrogen) atoms. The van der Waals surface area contributed by atoms with E-state index in [9.17, 15) is 19.2 Å². The van der Waals surface area contributed by atoms with Gasteiger partial charge in [0.1, 0.15) is 0 Å². The first-order chi connectivity index (χ1) is 12.6. The number of ketones is 3. The second-order valence-corrected chi connectivity index (χ2v) is 5.63. The maximum atomic E-state index is 12.2. The molecule has 2 aliphatic rings. The lowest BCUT2D eigenvalue weighted by Crippen LogP contribution is -2.18. The fourth-order valence-electron chi connectivity index (χ4n) is 2.47. The van der Waals surface area contributed by atoms with Gasteiger partial charge in [-0.2, -0.15) is 0 Å². The van der Waals surface area contributed by atoms with Gasteiger partial charge in [-0.15, -0.1) is 0 Å². The van der Waals surface area contributed by atoms with Gasteiger partial charge in [-0.05, 0) is 11.1 Å². The SMILES string of the molecule is O=CC(=O)c1ccccc1C(=O)C(=O)c1ccccc1.c1cc2ccc1-2. The number of benzene rings is 3. The summed E-state index contributed by atoms with van der Waals surface area (Å²) < 4.78 is 0. The molecule has 0 bridgehead atoms. The highest BCUT2D eigenvalue weighted by Gasteiger charge is 2.22. The van der Waals surface area contributed by atoms with Gasteiger partial charge in [0.15, 0.2) is 6.29 Å². The highest BCUT2D eigenvalue weighted by Crippen LogP contribution is 2.29. The number of hydrogen-bond acceptors (Lipinski definition) is 4. The van der Waals surface area contributed by atoms with Crippen molar-refractivity contribution in [2.45, 2.75) is 0 Å². The second kappa shape index (κ2) is 7.49. The average Bonchev–Trinajstić information content (AvgIpc) is 2.70. The number of aldehydes is 1. The maximum Gasteiger partial charge on any atom is 0.234 e. The van der Waals surface area contributed by atoms with Crippen molar-refractivity contribution < 1.29 is 19.2 Å². The Kier molecular flexibility index (Phi) is 4.94. The number of rotatable bonds is 5. The third-order valence-electron chi connectivity index (χ3n) is 4.00. The van der Waals surface area contributed by atoms with Gasteiger partial charge in [0.2, 0.25) is 17.3 Å². The number of hydrogen-bond donors (Lipinski definition) is 0. The van der Waals surface area contributed by atoms with Crippen LogP contribution in [0.3, 0.4) is 0 Å². The zero-order valence-electron chi connectivity index (χ0n) is 13.7. The molecule has 0 aromatic heterocycles. The summed E-state index contributed by atoms with van der Waals surface area (Å²) in [6.07, 6.45) is 0.124. The van der Waals surface area contributed by atoms with Crippen LogP contribution in [0.5, 0.6) is 0 Å². The van der Waals surface area contributed by atoms with Gasteiger partial charge in [0.25, 0.3) is 0 Å². The molecule has 0 aliphatic heterocycles. The number of fused-ring (bicyclic) bond motifs is 1. The van der Waals surface area contributed by atoms with Gasteiger partial charge >= 0.3 is 0 Å². The summed E-state index contributed by atoms with van der Waals surface area (Å²) in [5, 5.41) is 0. The van der Waals surface area contributed by atoms with Crippen molar-refractivity contribution in [3.63, 3.8) is 0 Å². The van der Waals surface area contributed by atoms with E-state index < -0.39 is 17.3 Å². The molecule has 0 spiro atoms. The fourth-order valence-corrected chi connectivity index (χ4v) is 2.47. The van der Waals surface area contributed by atoms with E-state index in [0.717, 1.165) is 0 Å². The lowest BCUT2D eigenvalue weighted by molar-refractivity contribution is -0.104. The van der Waals surface area contributed by atoms with Crippen LogP contribution in [0, 0.1) is 0 Å². The Morgan fingerprint density at radius 3 is 1.54 bits per heavy atom. The van der Waals surface area contributed by atoms with Gasteiger partial charge in [-0.25, -0.2) is 0 Å². The Bertz CT molecular complexity index is 965. The average molecular weight is 342 g/mol. The quantitative estimate of drug-likeness (QED) is 0.314. The van der Waals surface area contributed by atoms with E-state index in [-0.39, 0.29) is 23.0 Å². The summed E-state index contributed by atoms with van der Waals surface area (Å²) in [5.41, 5.74) is 2.98. The van der Waals surface area contributed by atoms with E-state index in [1.54, 1.807) is 18.2 Å². The Morgan fingerprint density at radius 1 is 0.577 bits per heavy atom. The summed E-state index contributed by atoms with van der Waals surface area (Å²) in [6, 6.07) is 22.3. The van der Waals surface area contributed by atoms with Crippen LogP contribution >= 0.6 is 0 Å². The molecule has 4 heteroatoms. The molecule has 0 amide bonds. The Hall–Kier alpha value is -3.66. The minimum absolute atomic E-state index is 0.0570. The van der Waals surface area contributed by atoms with Gasteiger partial charge in [0, 0.05) is 16.7 Å². The van der Waals surface area contributed by atoms with Crippen LogP contribution in [0.25, 0.3) is 11.1 Å². The molecule has 126 valence electrons. The van der Waals surface area contributed by atoms with Crippen LogP contribution in [0.1, 0.15) is 31.1 Å². The van der Waals surface area contributed by atoms with Gasteiger partial charge in [-0.1, -0.05) is 78.9 Å². The van der Waals surface area contributed by atoms with Crippen molar-refractivity contribution in [3.8, 4) is 11.1 Å². The molecule has 0 saturated heterocycles. The first-order valence-corrected chi connectivity index (χ1v) is 7.95. The molecule has 0 radical (unpaired) electrons. The predicted octanol–water partition coefficient (Wildman–Crippen LogP) is 3.80. The third kappa shape index (κ3) is 3.39. The van der Waals surface area contributed by atoms with Crippen molar-refractivity contribution in [2.75, 3.05) is 0 Å². The molecule has 2 aromatic rings. The van der Waals surface area contributed by atoms with E-state index in [1.165, 1.54) is 47.5 Å². The Labute approximate surface area is 150 Å². The highest BCUT2D eigenvalue weighted by molar-refractivity contribution is 6.51. The van der Waals surface area contributed by atoms with Gasteiger partial charge in [-0.3, -0.25) is 19.2 Å². The van der Waals surface area contributed by atoms with Gasteiger partial charge < -0.3 is 0 Å². The molecule has 0 saturated carbocycles. The van der Waals surface area contributed by atoms with E-state index >= 15 is 0 Å². The minimum atomic E-state index is -0.824. The lowest BCUT2D eigenvalue weighted by atomic mass is 9.95. The Balaban J connectivity index is 0.000000269. The van der Waals surface area contributed by atoms with E-state index in [2.05, 4.69) is 24.3 Å². The zero-order valence-corrected chi connectivity index (χ0v) is 13.7. The largest absolute Gasteiger partial charge is 0.294 e. The number of carbonyl (C=O) groups excluding carboxylic acids is 4. The van der Waals surface area contributed by atoms with Crippen molar-refractivity contribution in [1.29, 1.82) is 0 Å². The van der Waals surface area contributed by atoms with Crippen molar-refractivity contribution in [2.24, 2.45) is 0 Å². The molecule has 0 N–H and O–H groups in total. The monoisotopic (exact) mass is 342 g/mol. The smallest absolute Gasteiger partial charge is 0.234 e. The summed E-state index contributed by atoms with van der Waals surface area (Å²) >= 11 is 0. The maximum absolute atomic E-state index is 12.2. The van der Waals surface area contributed by atoms with Crippen molar-refractivity contribution in [1.82, 2.24) is 0 Å². The van der Waals surface area contributed by atoms with E-state index in [1.807, 2.05) is 0 Å². The van der Waals surface area contributed by atoms with Crippen molar-refractivity contribution in [3.05, 3.63) is 95.6 Å². The topological polar surface area (TPSA) is 68.3 Å². The van der Waals surface area contributed by atoms with Gasteiger partial charge in [0.05, 0.1) is 0 Å². The molecule has 4 nitrogen and oxygen atoms in total. The third-order valence-corrected chi connectivity index (χ3v) is 4.00. The lowest BCUT2D eigenvalue weighted by Gasteiger charge is -2.10. The molecule has 4 rings (SSSR count). The molecule has 2 aliphatic carbocycles. The first kappa shape index (κ1) is 17.2. The molecule has 2 aromatic carbocycles. The molecular weight excluding hydrogens is 328 g/mol. The normalized spacial score (nSPS) is 10.2. The van der Waals surface area contributed by atoms with Crippen LogP contribution in [-0.2, 0) is 4.79 Å². The van der Waals surface area contributed by atoms with Crippen LogP contribution in [0.15, 0.2) is 78.9 Å². The fraction of sp³-hybridized carbons (Fsp3) is 0. The Morgan fingerprint density at radius 2 is 1.08 bits per heavy atom. The molecular formula is C22H14O4. The van der Waals surface area contributed by atoms with Crippen LogP contribution in [-0.4, -0.2) is 23.6 Å². The molecule has 0 atom stereocenters. The van der Waals surface area contributed by atoms with Crippen LogP contribution < -0.4 is 0 Å². The summed E-state index contributed by atoms with van der Waals surface area (Å²) in [6.45, 7) is 0. The highest BCUT2D eigenvalue weighted by atomic mass is 16.2. The molecule has 0 fully saturated rings. The number of Topliss-reactive ketones (excluding diaryl/α,β-unsaturated/α-hetero) is 3. The van der Waals surface area contributed by atoms with Crippen LogP contribution in [0.2, 0.25) is 0 Å². The molecule has 0 heterocycles. The summed E-state index contributed by atoms with van der Waals surface area (Å²) in [5.74, 6) is -2.34. The first-order valence-electron chi connectivity index (χ1n) is 7.95. The summed E-state index contributed by atoms with van der Waals surface area (Å²) in [7, 11) is 0. The van der Waals surface area contributed by atoms with E-state index in [4.69, 9.17) is 0 Å². The predicted molar refractivity (Wildman–Crippen MR) is 97.4 cm³/mol. The second-order valence-electron chi connectivity index (χ2n) is 5.63. The minimum Gasteiger partial charge on any atom is -0.294 e. The zero-order chi connectivity index (χ0) is 18.5. The molecule has 0 unspecified atom stereocenters. The van der Waals surface area contributed by atoms with E-state index in [0.29, 0.717) is 0 Å². The van der Waals surface area contributed by atoms with Crippen LogP contribution in [0.4, 0.5) is 0 Å².